The van der Waals surface area contributed by atoms with Gasteiger partial charge in [-0.3, -0.25) is 35.9 Å². The van der Waals surface area contributed by atoms with E-state index in [-0.39, 0.29) is 22.9 Å². The van der Waals surface area contributed by atoms with E-state index in [1.165, 1.54) is 24.3 Å². The van der Waals surface area contributed by atoms with Gasteiger partial charge >= 0.3 is 5.69 Å². The molecule has 130 valence electrons. The Morgan fingerprint density at radius 1 is 1.08 bits per heavy atom. The fourth-order valence-corrected chi connectivity index (χ4v) is 1.86. The number of carbonyl (C=O) groups excluding carboxylic acids is 1. The van der Waals surface area contributed by atoms with Crippen LogP contribution in [0.2, 0.25) is 0 Å². The van der Waals surface area contributed by atoms with Crippen molar-refractivity contribution in [2.45, 2.75) is 6.92 Å². The van der Waals surface area contributed by atoms with Gasteiger partial charge in [0.05, 0.1) is 9.85 Å². The van der Waals surface area contributed by atoms with Gasteiger partial charge in [-0.05, 0) is 19.1 Å². The molecule has 0 spiro atoms. The lowest BCUT2D eigenvalue weighted by molar-refractivity contribution is -0.384. The highest BCUT2D eigenvalue weighted by Gasteiger charge is 2.23. The molecular formula is C13H13N7O5. The summed E-state index contributed by atoms with van der Waals surface area (Å²) >= 11 is 0. The van der Waals surface area contributed by atoms with Crippen LogP contribution in [0.5, 0.6) is 0 Å². The molecule has 0 atom stereocenters. The molecule has 1 amide bonds. The number of hydrazine groups is 1. The van der Waals surface area contributed by atoms with E-state index < -0.39 is 21.4 Å². The van der Waals surface area contributed by atoms with Crippen molar-refractivity contribution in [3.05, 3.63) is 56.4 Å². The summed E-state index contributed by atoms with van der Waals surface area (Å²) in [6.45, 7) is 2.15. The highest BCUT2D eigenvalue weighted by atomic mass is 16.6. The van der Waals surface area contributed by atoms with Crippen LogP contribution in [0, 0.1) is 20.2 Å². The Labute approximate surface area is 140 Å². The average molecular weight is 347 g/mol. The molecule has 0 aliphatic carbocycles. The zero-order valence-electron chi connectivity index (χ0n) is 12.9. The smallest absolute Gasteiger partial charge is 0.354 e. The Morgan fingerprint density at radius 2 is 1.72 bits per heavy atom. The lowest BCUT2D eigenvalue weighted by atomic mass is 10.2. The Bertz CT molecular complexity index is 809. The van der Waals surface area contributed by atoms with Gasteiger partial charge in [0.1, 0.15) is 6.33 Å². The van der Waals surface area contributed by atoms with Crippen molar-refractivity contribution in [3.8, 4) is 0 Å². The lowest BCUT2D eigenvalue weighted by Gasteiger charge is -2.10. The number of nitrogens with zero attached hydrogens (tertiary/aromatic N) is 4. The number of benzene rings is 1. The molecule has 0 radical (unpaired) electrons. The van der Waals surface area contributed by atoms with Gasteiger partial charge in [0.25, 0.3) is 11.6 Å². The molecule has 1 heterocycles. The third kappa shape index (κ3) is 4.13. The molecule has 25 heavy (non-hydrogen) atoms. The number of anilines is 2. The number of nitro benzene ring substituents is 1. The summed E-state index contributed by atoms with van der Waals surface area (Å²) in [6.07, 6.45) is 1.10. The molecule has 0 unspecified atom stereocenters. The zero-order valence-corrected chi connectivity index (χ0v) is 12.9. The molecule has 0 saturated heterocycles. The number of hydrogen-bond donors (Lipinski definition) is 3. The second-order valence-corrected chi connectivity index (χ2v) is 4.59. The van der Waals surface area contributed by atoms with Crippen molar-refractivity contribution in [2.24, 2.45) is 0 Å². The van der Waals surface area contributed by atoms with E-state index in [2.05, 4.69) is 26.1 Å². The second-order valence-electron chi connectivity index (χ2n) is 4.59. The molecule has 1 aromatic heterocycles. The van der Waals surface area contributed by atoms with Gasteiger partial charge in [0.2, 0.25) is 11.6 Å². The standard InChI is InChI=1S/C13H13N7O5/c1-2-14-11-10(20(24)25)12(16-7-15-11)17-18-13(21)8-3-5-9(6-4-8)19(22)23/h3-7H,2H2,1H3,(H,18,21)(H2,14,15,16,17). The molecule has 12 nitrogen and oxygen atoms in total. The third-order valence-electron chi connectivity index (χ3n) is 2.98. The first-order valence-electron chi connectivity index (χ1n) is 6.98. The van der Waals surface area contributed by atoms with E-state index >= 15 is 0 Å². The Hall–Kier alpha value is -3.83. The van der Waals surface area contributed by atoms with Gasteiger partial charge in [0, 0.05) is 24.2 Å². The van der Waals surface area contributed by atoms with E-state index in [1.54, 1.807) is 6.92 Å². The topological polar surface area (TPSA) is 165 Å². The largest absolute Gasteiger partial charge is 0.364 e. The van der Waals surface area contributed by atoms with Gasteiger partial charge in [0.15, 0.2) is 0 Å². The quantitative estimate of drug-likeness (QED) is 0.496. The average Bonchev–Trinajstić information content (AvgIpc) is 2.59. The first kappa shape index (κ1) is 17.5. The van der Waals surface area contributed by atoms with Crippen molar-refractivity contribution < 1.29 is 14.6 Å². The number of amides is 1. The van der Waals surface area contributed by atoms with E-state index in [1.807, 2.05) is 0 Å². The number of nitro groups is 2. The Kier molecular flexibility index (Phi) is 5.35. The predicted octanol–water partition coefficient (Wildman–Crippen LogP) is 1.48. The molecule has 0 aliphatic heterocycles. The molecule has 1 aromatic carbocycles. The van der Waals surface area contributed by atoms with E-state index in [0.717, 1.165) is 6.33 Å². The van der Waals surface area contributed by atoms with E-state index in [9.17, 15) is 25.0 Å². The summed E-state index contributed by atoms with van der Waals surface area (Å²) in [5, 5.41) is 24.5. The summed E-state index contributed by atoms with van der Waals surface area (Å²) in [5.74, 6) is -0.839. The molecule has 0 bridgehead atoms. The summed E-state index contributed by atoms with van der Waals surface area (Å²) < 4.78 is 0. The fraction of sp³-hybridized carbons (Fsp3) is 0.154. The van der Waals surface area contributed by atoms with Crippen LogP contribution in [0.3, 0.4) is 0 Å². The Balaban J connectivity index is 2.15. The van der Waals surface area contributed by atoms with Gasteiger partial charge in [-0.1, -0.05) is 0 Å². The first-order chi connectivity index (χ1) is 11.9. The second kappa shape index (κ2) is 7.63. The number of rotatable bonds is 7. The van der Waals surface area contributed by atoms with Crippen molar-refractivity contribution in [2.75, 3.05) is 17.3 Å². The molecule has 12 heteroatoms. The van der Waals surface area contributed by atoms with Crippen LogP contribution in [0.15, 0.2) is 30.6 Å². The van der Waals surface area contributed by atoms with Crippen LogP contribution in [-0.4, -0.2) is 32.3 Å². The summed E-state index contributed by atoms with van der Waals surface area (Å²) in [7, 11) is 0. The third-order valence-corrected chi connectivity index (χ3v) is 2.98. The van der Waals surface area contributed by atoms with Crippen LogP contribution < -0.4 is 16.2 Å². The molecule has 0 aliphatic rings. The summed E-state index contributed by atoms with van der Waals surface area (Å²) in [4.78, 5) is 40.1. The Morgan fingerprint density at radius 3 is 2.28 bits per heavy atom. The number of nitrogens with one attached hydrogen (secondary N) is 3. The maximum absolute atomic E-state index is 12.0. The number of aromatic nitrogens is 2. The molecular weight excluding hydrogens is 334 g/mol. The van der Waals surface area contributed by atoms with E-state index in [0.29, 0.717) is 6.54 Å². The van der Waals surface area contributed by atoms with Crippen molar-refractivity contribution in [3.63, 3.8) is 0 Å². The molecule has 2 rings (SSSR count). The van der Waals surface area contributed by atoms with Crippen molar-refractivity contribution in [1.29, 1.82) is 0 Å². The van der Waals surface area contributed by atoms with Gasteiger partial charge < -0.3 is 5.32 Å². The predicted molar refractivity (Wildman–Crippen MR) is 87.0 cm³/mol. The molecule has 3 N–H and O–H groups in total. The van der Waals surface area contributed by atoms with Crippen molar-refractivity contribution in [1.82, 2.24) is 15.4 Å². The van der Waals surface area contributed by atoms with Crippen LogP contribution in [-0.2, 0) is 0 Å². The highest BCUT2D eigenvalue weighted by molar-refractivity contribution is 5.95. The minimum absolute atomic E-state index is 0.00887. The number of carbonyl (C=O) groups is 1. The van der Waals surface area contributed by atoms with Crippen molar-refractivity contribution >= 4 is 28.9 Å². The van der Waals surface area contributed by atoms with Crippen LogP contribution >= 0.6 is 0 Å². The summed E-state index contributed by atoms with van der Waals surface area (Å²) in [5.41, 5.74) is 4.15. The molecule has 0 fully saturated rings. The summed E-state index contributed by atoms with van der Waals surface area (Å²) in [6, 6.07) is 4.86. The minimum Gasteiger partial charge on any atom is -0.364 e. The number of hydrogen-bond acceptors (Lipinski definition) is 9. The highest BCUT2D eigenvalue weighted by Crippen LogP contribution is 2.28. The fourth-order valence-electron chi connectivity index (χ4n) is 1.86. The van der Waals surface area contributed by atoms with Gasteiger partial charge in [-0.25, -0.2) is 9.97 Å². The minimum atomic E-state index is -0.682. The van der Waals surface area contributed by atoms with E-state index in [4.69, 9.17) is 0 Å². The first-order valence-corrected chi connectivity index (χ1v) is 6.98. The zero-order chi connectivity index (χ0) is 18.4. The normalized spacial score (nSPS) is 9.96. The van der Waals surface area contributed by atoms with Crippen LogP contribution in [0.25, 0.3) is 0 Å². The maximum atomic E-state index is 12.0. The van der Waals surface area contributed by atoms with Gasteiger partial charge in [-0.2, -0.15) is 0 Å². The van der Waals surface area contributed by atoms with Gasteiger partial charge in [-0.15, -0.1) is 0 Å². The number of non-ortho nitro benzene ring substituents is 1. The van der Waals surface area contributed by atoms with Crippen LogP contribution in [0.4, 0.5) is 23.0 Å². The van der Waals surface area contributed by atoms with Crippen LogP contribution in [0.1, 0.15) is 17.3 Å². The monoisotopic (exact) mass is 347 g/mol. The molecule has 0 saturated carbocycles. The maximum Gasteiger partial charge on any atom is 0.354 e. The SMILES string of the molecule is CCNc1ncnc(NNC(=O)c2ccc([N+](=O)[O-])cc2)c1[N+](=O)[O-]. The molecule has 2 aromatic rings. The lowest BCUT2D eigenvalue weighted by Crippen LogP contribution is -2.30.